The molecule has 0 aliphatic heterocycles. The molecule has 8 heteroatoms. The Morgan fingerprint density at radius 1 is 1.50 bits per heavy atom. The van der Waals surface area contributed by atoms with Gasteiger partial charge in [-0.1, -0.05) is 17.7 Å². The van der Waals surface area contributed by atoms with E-state index in [1.165, 1.54) is 4.40 Å². The summed E-state index contributed by atoms with van der Waals surface area (Å²) in [5.41, 5.74) is 0.488. The Balaban J connectivity index is 2.34. The Morgan fingerprint density at radius 3 is 2.95 bits per heavy atom. The molecule has 20 heavy (non-hydrogen) atoms. The van der Waals surface area contributed by atoms with Crippen LogP contribution in [0.15, 0.2) is 29.4 Å². The third-order valence-corrected chi connectivity index (χ3v) is 4.80. The molecule has 1 N–H and O–H groups in total. The van der Waals surface area contributed by atoms with Gasteiger partial charge in [0.05, 0.1) is 0 Å². The lowest BCUT2D eigenvalue weighted by molar-refractivity contribution is 0.188. The first-order chi connectivity index (χ1) is 9.45. The fourth-order valence-corrected chi connectivity index (χ4v) is 3.78. The SMILES string of the molecule is COCCC(C)NS(=O)(=O)c1c(Cl)nc2ccccn12. The molecule has 2 aromatic heterocycles. The van der Waals surface area contributed by atoms with Gasteiger partial charge in [-0.15, -0.1) is 0 Å². The summed E-state index contributed by atoms with van der Waals surface area (Å²) in [6.45, 7) is 2.25. The maximum absolute atomic E-state index is 12.4. The molecule has 1 unspecified atom stereocenters. The number of hydrogen-bond donors (Lipinski definition) is 1. The highest BCUT2D eigenvalue weighted by Gasteiger charge is 2.25. The highest BCUT2D eigenvalue weighted by atomic mass is 35.5. The van der Waals surface area contributed by atoms with Crippen LogP contribution >= 0.6 is 11.6 Å². The number of halogens is 1. The van der Waals surface area contributed by atoms with Gasteiger partial charge in [0.15, 0.2) is 10.2 Å². The van der Waals surface area contributed by atoms with E-state index in [1.807, 2.05) is 0 Å². The molecule has 0 radical (unpaired) electrons. The molecule has 0 saturated heterocycles. The topological polar surface area (TPSA) is 72.7 Å². The zero-order valence-corrected chi connectivity index (χ0v) is 12.8. The van der Waals surface area contributed by atoms with Gasteiger partial charge in [0.2, 0.25) is 0 Å². The predicted molar refractivity (Wildman–Crippen MR) is 76.5 cm³/mol. The molecule has 0 aliphatic carbocycles. The average Bonchev–Trinajstić information content (AvgIpc) is 2.72. The van der Waals surface area contributed by atoms with Gasteiger partial charge in [-0.25, -0.2) is 18.1 Å². The summed E-state index contributed by atoms with van der Waals surface area (Å²) in [4.78, 5) is 4.03. The fourth-order valence-electron chi connectivity index (χ4n) is 1.86. The molecule has 110 valence electrons. The number of hydrogen-bond acceptors (Lipinski definition) is 4. The van der Waals surface area contributed by atoms with E-state index in [0.29, 0.717) is 18.7 Å². The van der Waals surface area contributed by atoms with Crippen molar-refractivity contribution in [1.82, 2.24) is 14.1 Å². The van der Waals surface area contributed by atoms with E-state index in [1.54, 1.807) is 38.4 Å². The standard InChI is InChI=1S/C12H16ClN3O3S/c1-9(6-8-19-2)15-20(17,18)12-11(13)14-10-5-3-4-7-16(10)12/h3-5,7,9,15H,6,8H2,1-2H3. The summed E-state index contributed by atoms with van der Waals surface area (Å²) in [6, 6.07) is 4.92. The predicted octanol–water partition coefficient (Wildman–Crippen LogP) is 1.69. The first-order valence-corrected chi connectivity index (χ1v) is 7.95. The van der Waals surface area contributed by atoms with E-state index in [2.05, 4.69) is 9.71 Å². The third kappa shape index (κ3) is 3.12. The van der Waals surface area contributed by atoms with Crippen LogP contribution in [0.25, 0.3) is 5.65 Å². The number of ether oxygens (including phenoxy) is 1. The Labute approximate surface area is 122 Å². The molecule has 0 aliphatic rings. The highest BCUT2D eigenvalue weighted by molar-refractivity contribution is 7.89. The van der Waals surface area contributed by atoms with E-state index in [4.69, 9.17) is 16.3 Å². The number of imidazole rings is 1. The number of fused-ring (bicyclic) bond motifs is 1. The molecule has 1 atom stereocenters. The molecule has 0 bridgehead atoms. The van der Waals surface area contributed by atoms with Gasteiger partial charge < -0.3 is 4.74 Å². The number of methoxy groups -OCH3 is 1. The van der Waals surface area contributed by atoms with Crippen LogP contribution in [-0.4, -0.2) is 37.6 Å². The van der Waals surface area contributed by atoms with Crippen LogP contribution < -0.4 is 4.72 Å². The van der Waals surface area contributed by atoms with E-state index in [0.717, 1.165) is 0 Å². The molecule has 0 spiro atoms. The first-order valence-electron chi connectivity index (χ1n) is 6.09. The van der Waals surface area contributed by atoms with Crippen LogP contribution in [0.2, 0.25) is 5.15 Å². The Bertz CT molecular complexity index is 699. The number of pyridine rings is 1. The molecule has 2 rings (SSSR count). The maximum atomic E-state index is 12.4. The summed E-state index contributed by atoms with van der Waals surface area (Å²) in [7, 11) is -2.17. The Kier molecular flexibility index (Phi) is 4.64. The van der Waals surface area contributed by atoms with Crippen molar-refractivity contribution in [2.75, 3.05) is 13.7 Å². The smallest absolute Gasteiger partial charge is 0.260 e. The summed E-state index contributed by atoms with van der Waals surface area (Å²) < 4.78 is 33.8. The fraction of sp³-hybridized carbons (Fsp3) is 0.417. The number of nitrogens with zero attached hydrogens (tertiary/aromatic N) is 2. The van der Waals surface area contributed by atoms with Crippen molar-refractivity contribution in [2.24, 2.45) is 0 Å². The number of nitrogens with one attached hydrogen (secondary N) is 1. The normalized spacial score (nSPS) is 13.8. The quantitative estimate of drug-likeness (QED) is 0.880. The van der Waals surface area contributed by atoms with Gasteiger partial charge in [-0.05, 0) is 25.5 Å². The number of rotatable bonds is 6. The lowest BCUT2D eigenvalue weighted by Gasteiger charge is -2.13. The van der Waals surface area contributed by atoms with Crippen molar-refractivity contribution in [3.63, 3.8) is 0 Å². The molecule has 0 aromatic carbocycles. The molecule has 2 heterocycles. The van der Waals surface area contributed by atoms with Crippen molar-refractivity contribution in [1.29, 1.82) is 0 Å². The van der Waals surface area contributed by atoms with Gasteiger partial charge in [0, 0.05) is 26.0 Å². The van der Waals surface area contributed by atoms with Crippen molar-refractivity contribution in [3.8, 4) is 0 Å². The largest absolute Gasteiger partial charge is 0.385 e. The van der Waals surface area contributed by atoms with Gasteiger partial charge in [-0.3, -0.25) is 4.40 Å². The second-order valence-corrected chi connectivity index (χ2v) is 6.43. The zero-order chi connectivity index (χ0) is 14.8. The summed E-state index contributed by atoms with van der Waals surface area (Å²) in [5, 5.41) is -0.0818. The van der Waals surface area contributed by atoms with Crippen molar-refractivity contribution in [3.05, 3.63) is 29.5 Å². The zero-order valence-electron chi connectivity index (χ0n) is 11.2. The second-order valence-electron chi connectivity index (χ2n) is 4.44. The molecule has 0 amide bonds. The van der Waals surface area contributed by atoms with Crippen LogP contribution in [0.5, 0.6) is 0 Å². The van der Waals surface area contributed by atoms with E-state index in [9.17, 15) is 8.42 Å². The summed E-state index contributed by atoms with van der Waals surface area (Å²) >= 11 is 5.96. The van der Waals surface area contributed by atoms with Gasteiger partial charge in [0.1, 0.15) is 5.65 Å². The van der Waals surface area contributed by atoms with Crippen molar-refractivity contribution >= 4 is 27.3 Å². The molecule has 2 aromatic rings. The minimum atomic E-state index is -3.74. The number of aromatic nitrogens is 2. The first kappa shape index (κ1) is 15.2. The number of sulfonamides is 1. The van der Waals surface area contributed by atoms with Gasteiger partial charge in [0.25, 0.3) is 10.0 Å². The van der Waals surface area contributed by atoms with Gasteiger partial charge in [-0.2, -0.15) is 0 Å². The monoisotopic (exact) mass is 317 g/mol. The lowest BCUT2D eigenvalue weighted by atomic mass is 10.3. The minimum absolute atomic E-state index is 0.0392. The van der Waals surface area contributed by atoms with Crippen molar-refractivity contribution < 1.29 is 13.2 Å². The van der Waals surface area contributed by atoms with Crippen LogP contribution in [0.1, 0.15) is 13.3 Å². The summed E-state index contributed by atoms with van der Waals surface area (Å²) in [5.74, 6) is 0. The highest BCUT2D eigenvalue weighted by Crippen LogP contribution is 2.22. The Morgan fingerprint density at radius 2 is 2.25 bits per heavy atom. The molecule has 0 saturated carbocycles. The minimum Gasteiger partial charge on any atom is -0.385 e. The van der Waals surface area contributed by atoms with E-state index in [-0.39, 0.29) is 16.2 Å². The average molecular weight is 318 g/mol. The van der Waals surface area contributed by atoms with Crippen LogP contribution in [0.3, 0.4) is 0 Å². The maximum Gasteiger partial charge on any atom is 0.260 e. The molecular formula is C12H16ClN3O3S. The van der Waals surface area contributed by atoms with Crippen LogP contribution in [0.4, 0.5) is 0 Å². The molecule has 0 fully saturated rings. The molecular weight excluding hydrogens is 302 g/mol. The van der Waals surface area contributed by atoms with E-state index < -0.39 is 10.0 Å². The Hall–Kier alpha value is -1.15. The van der Waals surface area contributed by atoms with E-state index >= 15 is 0 Å². The summed E-state index contributed by atoms with van der Waals surface area (Å²) in [6.07, 6.45) is 2.19. The van der Waals surface area contributed by atoms with Crippen LogP contribution in [0, 0.1) is 0 Å². The second kappa shape index (κ2) is 6.09. The molecule has 6 nitrogen and oxygen atoms in total. The van der Waals surface area contributed by atoms with Gasteiger partial charge >= 0.3 is 0 Å². The van der Waals surface area contributed by atoms with Crippen LogP contribution in [-0.2, 0) is 14.8 Å². The third-order valence-electron chi connectivity index (χ3n) is 2.81. The van der Waals surface area contributed by atoms with Crippen molar-refractivity contribution in [2.45, 2.75) is 24.4 Å². The lowest BCUT2D eigenvalue weighted by Crippen LogP contribution is -2.34.